The van der Waals surface area contributed by atoms with Crippen LogP contribution in [0.5, 0.6) is 0 Å². The zero-order chi connectivity index (χ0) is 13.3. The zero-order valence-electron chi connectivity index (χ0n) is 11.0. The number of nitrogens with one attached hydrogen (secondary N) is 1. The van der Waals surface area contributed by atoms with Gasteiger partial charge in [-0.3, -0.25) is 0 Å². The summed E-state index contributed by atoms with van der Waals surface area (Å²) < 4.78 is 0. The van der Waals surface area contributed by atoms with Crippen molar-refractivity contribution in [1.29, 1.82) is 0 Å². The highest BCUT2D eigenvalue weighted by molar-refractivity contribution is 5.52. The van der Waals surface area contributed by atoms with Crippen LogP contribution in [-0.2, 0) is 0 Å². The second-order valence-electron chi connectivity index (χ2n) is 4.41. The molecule has 0 amide bonds. The van der Waals surface area contributed by atoms with Gasteiger partial charge in [0.05, 0.1) is 0 Å². The molecule has 0 aliphatic heterocycles. The molecule has 2 aromatic rings. The summed E-state index contributed by atoms with van der Waals surface area (Å²) in [6.45, 7) is 3.82. The molecule has 1 atom stereocenters. The predicted molar refractivity (Wildman–Crippen MR) is 84.1 cm³/mol. The maximum absolute atomic E-state index is 3.82. The standard InChI is InChI=1S/C18H19N/c1-2-9-17(19-18-12-7-4-8-13-18)15-14-16-10-5-3-6-11-16/h2-8,10-15,17,19H,1,9H2. The van der Waals surface area contributed by atoms with Crippen LogP contribution in [0, 0.1) is 0 Å². The second-order valence-corrected chi connectivity index (χ2v) is 4.41. The van der Waals surface area contributed by atoms with Crippen LogP contribution in [0.4, 0.5) is 5.69 Å². The Morgan fingerprint density at radius 2 is 1.58 bits per heavy atom. The van der Waals surface area contributed by atoms with Gasteiger partial charge in [-0.05, 0) is 24.1 Å². The van der Waals surface area contributed by atoms with E-state index in [0.29, 0.717) is 0 Å². The highest BCUT2D eigenvalue weighted by atomic mass is 14.9. The molecule has 0 bridgehead atoms. The maximum Gasteiger partial charge on any atom is 0.0482 e. The van der Waals surface area contributed by atoms with Gasteiger partial charge in [-0.15, -0.1) is 6.58 Å². The number of rotatable bonds is 6. The van der Waals surface area contributed by atoms with E-state index in [0.717, 1.165) is 12.1 Å². The van der Waals surface area contributed by atoms with Gasteiger partial charge in [0.1, 0.15) is 0 Å². The van der Waals surface area contributed by atoms with Gasteiger partial charge in [0.15, 0.2) is 0 Å². The average Bonchev–Trinajstić information content (AvgIpc) is 2.47. The van der Waals surface area contributed by atoms with Gasteiger partial charge in [-0.2, -0.15) is 0 Å². The van der Waals surface area contributed by atoms with Crippen LogP contribution in [0.15, 0.2) is 79.4 Å². The molecule has 0 saturated heterocycles. The number of benzene rings is 2. The van der Waals surface area contributed by atoms with Crippen LogP contribution in [0.25, 0.3) is 6.08 Å². The van der Waals surface area contributed by atoms with Crippen molar-refractivity contribution in [3.63, 3.8) is 0 Å². The van der Waals surface area contributed by atoms with E-state index >= 15 is 0 Å². The van der Waals surface area contributed by atoms with Crippen LogP contribution < -0.4 is 5.32 Å². The first kappa shape index (κ1) is 13.2. The Balaban J connectivity index is 2.04. The Labute approximate surface area is 115 Å². The molecule has 0 aliphatic carbocycles. The number of hydrogen-bond acceptors (Lipinski definition) is 1. The molecule has 2 rings (SSSR count). The first-order valence-corrected chi connectivity index (χ1v) is 6.54. The molecule has 0 aliphatic rings. The fraction of sp³-hybridized carbons (Fsp3) is 0.111. The molecule has 0 aromatic heterocycles. The molecule has 2 aromatic carbocycles. The van der Waals surface area contributed by atoms with Crippen LogP contribution in [0.3, 0.4) is 0 Å². The van der Waals surface area contributed by atoms with E-state index in [1.807, 2.05) is 42.5 Å². The maximum atomic E-state index is 3.82. The third-order valence-electron chi connectivity index (χ3n) is 2.87. The number of para-hydroxylation sites is 1. The van der Waals surface area contributed by atoms with Gasteiger partial charge in [0.2, 0.25) is 0 Å². The molecule has 19 heavy (non-hydrogen) atoms. The van der Waals surface area contributed by atoms with Crippen LogP contribution in [0.2, 0.25) is 0 Å². The van der Waals surface area contributed by atoms with Crippen LogP contribution in [0.1, 0.15) is 12.0 Å². The summed E-state index contributed by atoms with van der Waals surface area (Å²) in [5.74, 6) is 0. The third-order valence-corrected chi connectivity index (χ3v) is 2.87. The lowest BCUT2D eigenvalue weighted by Gasteiger charge is -2.14. The SMILES string of the molecule is C=CCC(C=Cc1ccccc1)Nc1ccccc1. The lowest BCUT2D eigenvalue weighted by molar-refractivity contribution is 0.899. The Kier molecular flexibility index (Phi) is 5.00. The molecule has 0 spiro atoms. The summed E-state index contributed by atoms with van der Waals surface area (Å²) in [6.07, 6.45) is 7.17. The van der Waals surface area contributed by atoms with Gasteiger partial charge in [-0.1, -0.05) is 66.8 Å². The fourth-order valence-corrected chi connectivity index (χ4v) is 1.91. The highest BCUT2D eigenvalue weighted by Gasteiger charge is 2.01. The molecular formula is C18H19N. The quantitative estimate of drug-likeness (QED) is 0.728. The first-order valence-electron chi connectivity index (χ1n) is 6.54. The molecular weight excluding hydrogens is 230 g/mol. The van der Waals surface area contributed by atoms with Gasteiger partial charge >= 0.3 is 0 Å². The second kappa shape index (κ2) is 7.22. The minimum Gasteiger partial charge on any atom is -0.379 e. The van der Waals surface area contributed by atoms with Crippen molar-refractivity contribution in [3.8, 4) is 0 Å². The van der Waals surface area contributed by atoms with E-state index in [1.165, 1.54) is 5.56 Å². The minimum absolute atomic E-state index is 0.264. The lowest BCUT2D eigenvalue weighted by Crippen LogP contribution is -2.15. The summed E-state index contributed by atoms with van der Waals surface area (Å²) >= 11 is 0. The van der Waals surface area contributed by atoms with E-state index in [4.69, 9.17) is 0 Å². The van der Waals surface area contributed by atoms with Crippen LogP contribution >= 0.6 is 0 Å². The van der Waals surface area contributed by atoms with Crippen molar-refractivity contribution in [2.45, 2.75) is 12.5 Å². The van der Waals surface area contributed by atoms with Crippen molar-refractivity contribution < 1.29 is 0 Å². The normalized spacial score (nSPS) is 12.2. The molecule has 0 heterocycles. The van der Waals surface area contributed by atoms with Crippen LogP contribution in [-0.4, -0.2) is 6.04 Å². The summed E-state index contributed by atoms with van der Waals surface area (Å²) in [7, 11) is 0. The predicted octanol–water partition coefficient (Wildman–Crippen LogP) is 4.76. The molecule has 1 N–H and O–H groups in total. The average molecular weight is 249 g/mol. The highest BCUT2D eigenvalue weighted by Crippen LogP contribution is 2.11. The molecule has 1 nitrogen and oxygen atoms in total. The molecule has 96 valence electrons. The van der Waals surface area contributed by atoms with Crippen molar-refractivity contribution in [2.75, 3.05) is 5.32 Å². The first-order chi connectivity index (χ1) is 9.38. The monoisotopic (exact) mass is 249 g/mol. The lowest BCUT2D eigenvalue weighted by atomic mass is 10.1. The summed E-state index contributed by atoms with van der Waals surface area (Å²) in [6, 6.07) is 20.8. The zero-order valence-corrected chi connectivity index (χ0v) is 11.0. The molecule has 1 unspecified atom stereocenters. The van der Waals surface area contributed by atoms with Crippen molar-refractivity contribution >= 4 is 11.8 Å². The topological polar surface area (TPSA) is 12.0 Å². The molecule has 1 heteroatoms. The Morgan fingerprint density at radius 3 is 2.21 bits per heavy atom. The third kappa shape index (κ3) is 4.47. The van der Waals surface area contributed by atoms with Gasteiger partial charge < -0.3 is 5.32 Å². The Hall–Kier alpha value is -2.28. The number of anilines is 1. The fourth-order valence-electron chi connectivity index (χ4n) is 1.91. The van der Waals surface area contributed by atoms with E-state index in [9.17, 15) is 0 Å². The summed E-state index contributed by atoms with van der Waals surface area (Å²) in [5.41, 5.74) is 2.35. The van der Waals surface area contributed by atoms with E-state index in [1.54, 1.807) is 0 Å². The Bertz CT molecular complexity index is 514. The Morgan fingerprint density at radius 1 is 0.947 bits per heavy atom. The van der Waals surface area contributed by atoms with E-state index in [-0.39, 0.29) is 6.04 Å². The van der Waals surface area contributed by atoms with Gasteiger partial charge in [0, 0.05) is 11.7 Å². The smallest absolute Gasteiger partial charge is 0.0482 e. The van der Waals surface area contributed by atoms with E-state index in [2.05, 4.69) is 48.3 Å². The number of hydrogen-bond donors (Lipinski definition) is 1. The minimum atomic E-state index is 0.264. The van der Waals surface area contributed by atoms with Gasteiger partial charge in [0.25, 0.3) is 0 Å². The van der Waals surface area contributed by atoms with Crippen molar-refractivity contribution in [2.24, 2.45) is 0 Å². The molecule has 0 fully saturated rings. The molecule has 0 saturated carbocycles. The summed E-state index contributed by atoms with van der Waals surface area (Å²) in [5, 5.41) is 3.49. The summed E-state index contributed by atoms with van der Waals surface area (Å²) in [4.78, 5) is 0. The largest absolute Gasteiger partial charge is 0.379 e. The van der Waals surface area contributed by atoms with Crippen molar-refractivity contribution in [3.05, 3.63) is 85.0 Å². The van der Waals surface area contributed by atoms with E-state index < -0.39 is 0 Å². The molecule has 0 radical (unpaired) electrons. The van der Waals surface area contributed by atoms with Gasteiger partial charge in [-0.25, -0.2) is 0 Å². The van der Waals surface area contributed by atoms with Crippen molar-refractivity contribution in [1.82, 2.24) is 0 Å².